The van der Waals surface area contributed by atoms with Gasteiger partial charge in [0.25, 0.3) is 11.8 Å². The number of carbonyl (C=O) groups is 6. The Balaban J connectivity index is 0.000000359. The van der Waals surface area contributed by atoms with Gasteiger partial charge in [-0.05, 0) is 255 Å². The standard InChI is InChI=1S/C28H33F2N3O4.C23H26FN3O4.C16H32N2O2.C12H23NO3.C11H24N2.C7H15NO.C4H11N.C2HBO2.C2H6.CH2Cl2/c1-16(2)12-31-13-18-5-3-4-6-22(18)33-24(31)15-32-14-20(26(35)27(36)25(32)28(33)37)23(34)10-8-17-7-9-19(29)11-21(17)30;1-14-4-3-11-27-19(25(14)2)13-26-12-17(21(29)22(30)20(26)23(27)31)18(28)10-7-15-5-8-16(24)9-6-15;1-12(2)10-17-11-13-8-6-7-9-14(13)18-15(19)20-16(3,4)5;1-12(2,3)16-11(15)13-10-7-5-4-6-9(10)8-14;1-9(2)7-13-8-10-5-3-4-6-11(10)12;8-7-4-2-1-3-6(7)5-9;1-4(2)3-5;4-2-1-3-5;1-2;2-1-3/h7,9,11,14,16,18,22,24,36H,3-6,8,10,12-13,15H2,1-2H3;5-6,8-9,12,14,19,30H,3-4,7,10-11,13H2,1-2H3;12-14,17H,6-11H2,1-5H3,(H,18,19);9-10,14H,4-8H2,1-3H3,(H,13,15);9-11,13H,3-8,12H2,1-2H3;6-7,9H,1-5,8H2;4H,3,5H2,1-2H3;4H;1-2H3;1H2/t18-,22-,24-;14-,19?;13-,14-;9-,10-;10-,11-;6-,7-;;;;/m000000..../s1. The van der Waals surface area contributed by atoms with E-state index in [1.165, 1.54) is 94.5 Å². The SMILES string of the molecule is CC.CC(C)(C)OC(=O)N[C@H]1CCCC[C@H]1CO.CC(C)CN.CC(C)CN1C[C@@H]2CCCC[C@@H]2N2C(=O)c3c(O)c(=O)c(C(=O)CCc4ccc(F)cc4F)cn3C[C@@H]12.CC(C)CNC[C@@H]1CCCC[C@@H]1N.CC(C)CNC[C@@H]1CCCC[C@@H]1NC(=O)OC(C)(C)C.C[C@H]1CCCN2C(=O)c3c(O)c(=O)c(C(=O)CCc4ccc(F)cc4)cn3CC2N1C.ClCCl.N[C@H]1CCCC[C@H]1CO.O=BC#CO. The summed E-state index contributed by atoms with van der Waals surface area (Å²) in [6, 6.07) is 10.4. The van der Waals surface area contributed by atoms with E-state index in [2.05, 4.69) is 93.4 Å². The molecule has 2 aromatic carbocycles. The van der Waals surface area contributed by atoms with Crippen LogP contribution in [0, 0.1) is 82.6 Å². The van der Waals surface area contributed by atoms with Crippen LogP contribution >= 0.6 is 23.2 Å². The van der Waals surface area contributed by atoms with Crippen LogP contribution in [0.25, 0.3) is 0 Å². The quantitative estimate of drug-likeness (QED) is 0.0142. The van der Waals surface area contributed by atoms with Crippen LogP contribution < -0.4 is 49.3 Å². The first-order valence-electron chi connectivity index (χ1n) is 51.6. The van der Waals surface area contributed by atoms with Crippen LogP contribution in [0.5, 0.6) is 11.5 Å². The van der Waals surface area contributed by atoms with Crippen molar-refractivity contribution in [2.75, 3.05) is 78.0 Å². The first-order chi connectivity index (χ1) is 66.8. The maximum absolute atomic E-state index is 14.0. The Morgan fingerprint density at radius 3 is 1.46 bits per heavy atom. The number of alkyl carbamates (subject to hydrolysis) is 2. The Labute approximate surface area is 848 Å². The molecule has 13 rings (SSSR count). The summed E-state index contributed by atoms with van der Waals surface area (Å²) in [6.45, 7) is 43.2. The van der Waals surface area contributed by atoms with E-state index in [9.17, 15) is 66.8 Å². The fourth-order valence-corrected chi connectivity index (χ4v) is 19.1. The second kappa shape index (κ2) is 64.8. The van der Waals surface area contributed by atoms with E-state index in [0.29, 0.717) is 74.8 Å². The molecule has 0 bridgehead atoms. The molecule has 35 heteroatoms. The van der Waals surface area contributed by atoms with Crippen molar-refractivity contribution in [3.8, 4) is 23.4 Å². The number of nitrogens with zero attached hydrogens (tertiary/aromatic N) is 6. The number of benzene rings is 2. The summed E-state index contributed by atoms with van der Waals surface area (Å²) < 4.78 is 63.0. The van der Waals surface area contributed by atoms with Crippen molar-refractivity contribution in [2.24, 2.45) is 70.5 Å². The molecule has 796 valence electrons. The summed E-state index contributed by atoms with van der Waals surface area (Å²) in [6.07, 6.45) is 28.1. The average molecular weight is 2020 g/mol. The number of alkyl halides is 2. The van der Waals surface area contributed by atoms with Crippen molar-refractivity contribution in [1.82, 2.24) is 50.0 Å². The van der Waals surface area contributed by atoms with Crippen LogP contribution in [0.4, 0.5) is 22.8 Å². The predicted molar refractivity (Wildman–Crippen MR) is 554 cm³/mol. The molecule has 5 saturated carbocycles. The van der Waals surface area contributed by atoms with Crippen LogP contribution in [0.1, 0.15) is 325 Å². The summed E-state index contributed by atoms with van der Waals surface area (Å²) in [4.78, 5) is 110. The molecule has 141 heavy (non-hydrogen) atoms. The van der Waals surface area contributed by atoms with E-state index in [-0.39, 0.29) is 138 Å². The number of hydrogen-bond donors (Lipinski definition) is 12. The Morgan fingerprint density at radius 2 is 1.01 bits per heavy atom. The third-order valence-corrected chi connectivity index (χ3v) is 26.6. The monoisotopic (exact) mass is 2020 g/mol. The topological polar surface area (TPSA) is 422 Å². The number of rotatable bonds is 23. The van der Waals surface area contributed by atoms with Crippen LogP contribution in [-0.4, -0.2) is 235 Å². The van der Waals surface area contributed by atoms with Gasteiger partial charge in [0.15, 0.2) is 34.5 Å². The molecule has 6 heterocycles. The summed E-state index contributed by atoms with van der Waals surface area (Å²) >= 11 is 9.53. The molecule has 7 fully saturated rings. The normalized spacial score (nSPS) is 22.9. The average Bonchev–Trinajstić information content (AvgIpc) is 0.887. The second-order valence-corrected chi connectivity index (χ2v) is 42.8. The van der Waals surface area contributed by atoms with Crippen LogP contribution in [-0.2, 0) is 40.1 Å². The number of nitrogens with two attached hydrogens (primary N) is 3. The summed E-state index contributed by atoms with van der Waals surface area (Å²) in [7, 11) is 2.28. The minimum absolute atomic E-state index is 0.0204. The van der Waals surface area contributed by atoms with Crippen LogP contribution in [0.2, 0.25) is 0 Å². The van der Waals surface area contributed by atoms with Gasteiger partial charge in [-0.1, -0.05) is 152 Å². The molecule has 13 atom stereocenters. The van der Waals surface area contributed by atoms with E-state index in [1.54, 1.807) is 32.0 Å². The predicted octanol–water partition coefficient (Wildman–Crippen LogP) is 16.4. The fourth-order valence-electron chi connectivity index (χ4n) is 19.1. The Morgan fingerprint density at radius 1 is 0.567 bits per heavy atom. The van der Waals surface area contributed by atoms with Gasteiger partial charge < -0.3 is 87.3 Å². The number of ether oxygens (including phenoxy) is 2. The zero-order valence-corrected chi connectivity index (χ0v) is 89.2. The van der Waals surface area contributed by atoms with Gasteiger partial charge in [-0.3, -0.25) is 38.6 Å². The van der Waals surface area contributed by atoms with Gasteiger partial charge in [0, 0.05) is 106 Å². The van der Waals surface area contributed by atoms with E-state index in [4.69, 9.17) is 64.8 Å². The number of halogens is 5. The van der Waals surface area contributed by atoms with Gasteiger partial charge in [-0.25, -0.2) is 22.8 Å². The summed E-state index contributed by atoms with van der Waals surface area (Å²) in [5.41, 5.74) is 14.8. The number of nitrogens with one attached hydrogen (secondary N) is 4. The molecule has 15 N–H and O–H groups in total. The van der Waals surface area contributed by atoms with Crippen molar-refractivity contribution >= 4 is 65.9 Å². The van der Waals surface area contributed by atoms with Gasteiger partial charge in [-0.2, -0.15) is 0 Å². The molecule has 4 amide bonds. The number of pyridine rings is 2. The maximum atomic E-state index is 14.0. The number of aromatic hydroxyl groups is 2. The Hall–Kier alpha value is -8.01. The van der Waals surface area contributed by atoms with Gasteiger partial charge in [0.2, 0.25) is 10.9 Å². The Bertz CT molecular complexity index is 4630. The van der Waals surface area contributed by atoms with Crippen molar-refractivity contribution in [1.29, 1.82) is 0 Å². The van der Waals surface area contributed by atoms with Crippen molar-refractivity contribution < 1.29 is 81.6 Å². The van der Waals surface area contributed by atoms with E-state index >= 15 is 0 Å². The molecule has 2 aromatic heterocycles. The van der Waals surface area contributed by atoms with Gasteiger partial charge >= 0.3 is 41.1 Å². The van der Waals surface area contributed by atoms with E-state index < -0.39 is 62.7 Å². The van der Waals surface area contributed by atoms with E-state index in [1.807, 2.05) is 67.3 Å². The van der Waals surface area contributed by atoms with Gasteiger partial charge in [0.05, 0.1) is 29.6 Å². The number of aliphatic hydroxyl groups excluding tert-OH is 3. The molecule has 2 saturated heterocycles. The third-order valence-electron chi connectivity index (χ3n) is 26.6. The number of fused-ring (bicyclic) bond motifs is 6. The number of hydrogen-bond acceptors (Lipinski definition) is 23. The molecular formula is C106H173BCl2F3N13O16. The van der Waals surface area contributed by atoms with Crippen LogP contribution in [0.3, 0.4) is 0 Å². The molecule has 0 spiro atoms. The number of amides is 4. The van der Waals surface area contributed by atoms with Crippen molar-refractivity contribution in [3.05, 3.63) is 126 Å². The van der Waals surface area contributed by atoms with Crippen LogP contribution in [0.15, 0.2) is 64.4 Å². The molecule has 9 aliphatic rings. The molecule has 0 radical (unpaired) electrons. The zero-order chi connectivity index (χ0) is 106. The molecule has 1 unspecified atom stereocenters. The molecular weight excluding hydrogens is 1850 g/mol. The number of aliphatic hydroxyl groups is 3. The number of carbonyl (C=O) groups excluding carboxylic acids is 6. The van der Waals surface area contributed by atoms with Gasteiger partial charge in [-0.15, -0.1) is 23.2 Å². The minimum atomic E-state index is -0.890. The number of aryl methyl sites for hydroxylation is 2. The number of aromatic nitrogens is 2. The zero-order valence-electron chi connectivity index (χ0n) is 87.7. The molecule has 4 aromatic rings. The molecule has 29 nitrogen and oxygen atoms in total. The first kappa shape index (κ1) is 125. The summed E-state index contributed by atoms with van der Waals surface area (Å²) in [5.74, 6) is 1.43. The fraction of sp³-hybridized carbons (Fsp3) is 0.717. The van der Waals surface area contributed by atoms with Gasteiger partial charge in [0.1, 0.15) is 41.0 Å². The molecule has 4 aliphatic heterocycles. The summed E-state index contributed by atoms with van der Waals surface area (Å²) in [5, 5.41) is 60.0. The molecule has 5 aliphatic carbocycles. The number of likely N-dealkylation sites (N-methyl/N-ethyl adjacent to an activating group) is 1. The second-order valence-electron chi connectivity index (χ2n) is 42.0. The first-order valence-corrected chi connectivity index (χ1v) is 52.6. The van der Waals surface area contributed by atoms with Crippen molar-refractivity contribution in [3.63, 3.8) is 0 Å². The number of Topliss-reactive ketones (excluding diaryl/α,β-unsaturated/α-hetero) is 2. The Kier molecular flexibility index (Phi) is 57.6. The van der Waals surface area contributed by atoms with Crippen molar-refractivity contribution in [2.45, 2.75) is 358 Å². The third kappa shape index (κ3) is 42.9. The van der Waals surface area contributed by atoms with E-state index in [0.717, 1.165) is 159 Å². The number of ketones is 2.